The molecule has 0 spiro atoms. The molecule has 48 heavy (non-hydrogen) atoms. The van der Waals surface area contributed by atoms with Gasteiger partial charge in [0.1, 0.15) is 24.9 Å². The maximum absolute atomic E-state index is 13.0. The minimum absolute atomic E-state index is 0.154. The molecule has 2 saturated heterocycles. The summed E-state index contributed by atoms with van der Waals surface area (Å²) in [4.78, 5) is 15.1. The molecule has 0 aromatic rings. The minimum Gasteiger partial charge on any atom is -0.462 e. The summed E-state index contributed by atoms with van der Waals surface area (Å²) in [6, 6.07) is 0. The molecule has 1 unspecified atom stereocenters. The predicted molar refractivity (Wildman–Crippen MR) is 196 cm³/mol. The summed E-state index contributed by atoms with van der Waals surface area (Å²) in [6.07, 6.45) is 26.3. The van der Waals surface area contributed by atoms with Crippen LogP contribution in [0.5, 0.6) is 0 Å². The Balaban J connectivity index is 1.61. The summed E-state index contributed by atoms with van der Waals surface area (Å²) in [5, 5.41) is 0. The molecular weight excluding hydrogens is 606 g/mol. The molecule has 4 atom stereocenters. The van der Waals surface area contributed by atoms with Gasteiger partial charge in [-0.05, 0) is 39.8 Å². The van der Waals surface area contributed by atoms with E-state index in [1.54, 1.807) is 0 Å². The third-order valence-corrected chi connectivity index (χ3v) is 10.1. The Morgan fingerprint density at radius 1 is 0.667 bits per heavy atom. The zero-order valence-corrected chi connectivity index (χ0v) is 32.0. The summed E-state index contributed by atoms with van der Waals surface area (Å²) >= 11 is 0. The summed E-state index contributed by atoms with van der Waals surface area (Å²) in [5.41, 5.74) is -0.465. The van der Waals surface area contributed by atoms with Gasteiger partial charge in [-0.2, -0.15) is 0 Å². The van der Waals surface area contributed by atoms with Crippen LogP contribution in [0.2, 0.25) is 0 Å². The highest BCUT2D eigenvalue weighted by Crippen LogP contribution is 2.31. The second-order valence-electron chi connectivity index (χ2n) is 14.9. The van der Waals surface area contributed by atoms with E-state index in [2.05, 4.69) is 18.7 Å². The molecule has 0 saturated carbocycles. The van der Waals surface area contributed by atoms with E-state index in [1.807, 2.05) is 14.0 Å². The van der Waals surface area contributed by atoms with Crippen molar-refractivity contribution in [2.24, 2.45) is 5.41 Å². The van der Waals surface area contributed by atoms with Crippen LogP contribution in [0.4, 0.5) is 0 Å². The van der Waals surface area contributed by atoms with Gasteiger partial charge < -0.3 is 33.3 Å². The lowest BCUT2D eigenvalue weighted by atomic mass is 9.90. The smallest absolute Gasteiger partial charge is 0.313 e. The maximum atomic E-state index is 13.0. The lowest BCUT2D eigenvalue weighted by Gasteiger charge is -2.26. The molecule has 0 radical (unpaired) electrons. The molecule has 8 heteroatoms. The van der Waals surface area contributed by atoms with Crippen LogP contribution in [0.15, 0.2) is 0 Å². The second kappa shape index (κ2) is 28.9. The van der Waals surface area contributed by atoms with Gasteiger partial charge in [-0.25, -0.2) is 0 Å². The van der Waals surface area contributed by atoms with Gasteiger partial charge in [0.05, 0.1) is 38.4 Å². The third-order valence-electron chi connectivity index (χ3n) is 10.1. The fourth-order valence-electron chi connectivity index (χ4n) is 6.93. The number of likely N-dealkylation sites (tertiary alicyclic amines) is 1. The molecule has 0 amide bonds. The van der Waals surface area contributed by atoms with Gasteiger partial charge in [0.2, 0.25) is 0 Å². The topological polar surface area (TPSA) is 75.7 Å². The molecule has 2 aliphatic rings. The van der Waals surface area contributed by atoms with Crippen molar-refractivity contribution in [1.82, 2.24) is 4.90 Å². The van der Waals surface area contributed by atoms with Crippen LogP contribution < -0.4 is 0 Å². The van der Waals surface area contributed by atoms with Gasteiger partial charge in [-0.15, -0.1) is 0 Å². The van der Waals surface area contributed by atoms with Crippen molar-refractivity contribution in [3.63, 3.8) is 0 Å². The highest BCUT2D eigenvalue weighted by Gasteiger charge is 2.43. The Bertz CT molecular complexity index is 755. The molecule has 2 heterocycles. The van der Waals surface area contributed by atoms with Crippen molar-refractivity contribution >= 4 is 5.97 Å². The van der Waals surface area contributed by atoms with Gasteiger partial charge in [0.25, 0.3) is 0 Å². The van der Waals surface area contributed by atoms with Gasteiger partial charge >= 0.3 is 5.97 Å². The number of hydrogen-bond acceptors (Lipinski definition) is 8. The molecular formula is C40H77NO7. The SMILES string of the molecule is CCCCCCCCCCCCOCCO[C@@H]1[C@@H](OCCOCCCCCCCCCCCC)CO[C@@H]1COC(=O)C1(C)CCN(C)C1. The van der Waals surface area contributed by atoms with Gasteiger partial charge in [0.15, 0.2) is 0 Å². The van der Waals surface area contributed by atoms with Crippen LogP contribution >= 0.6 is 0 Å². The molecule has 2 fully saturated rings. The van der Waals surface area contributed by atoms with E-state index >= 15 is 0 Å². The van der Waals surface area contributed by atoms with Crippen molar-refractivity contribution in [1.29, 1.82) is 0 Å². The average molecular weight is 684 g/mol. The molecule has 0 aromatic heterocycles. The van der Waals surface area contributed by atoms with Crippen molar-refractivity contribution < 1.29 is 33.2 Å². The summed E-state index contributed by atoms with van der Waals surface area (Å²) in [6.45, 7) is 12.4. The van der Waals surface area contributed by atoms with Crippen molar-refractivity contribution in [2.75, 3.05) is 73.0 Å². The van der Waals surface area contributed by atoms with Gasteiger partial charge in [0, 0.05) is 19.8 Å². The molecule has 0 bridgehead atoms. The van der Waals surface area contributed by atoms with Crippen LogP contribution in [0.1, 0.15) is 156 Å². The van der Waals surface area contributed by atoms with E-state index in [1.165, 1.54) is 116 Å². The number of rotatable bonds is 33. The first-order valence-corrected chi connectivity index (χ1v) is 20.4. The van der Waals surface area contributed by atoms with E-state index < -0.39 is 5.41 Å². The zero-order valence-electron chi connectivity index (χ0n) is 32.0. The Labute approximate surface area is 296 Å². The molecule has 284 valence electrons. The monoisotopic (exact) mass is 684 g/mol. The molecule has 0 aromatic carbocycles. The van der Waals surface area contributed by atoms with Gasteiger partial charge in [-0.1, -0.05) is 129 Å². The first kappa shape index (κ1) is 43.4. The number of carbonyl (C=O) groups is 1. The number of unbranched alkanes of at least 4 members (excludes halogenated alkanes) is 18. The fourth-order valence-corrected chi connectivity index (χ4v) is 6.93. The van der Waals surface area contributed by atoms with Crippen LogP contribution in [0.3, 0.4) is 0 Å². The standard InChI is InChI=1S/C40H77NO7/c1-5-7-9-11-13-15-17-19-21-23-27-43-29-31-45-36-33-47-37(34-48-39(42)40(3)25-26-41(4)35-40)38(36)46-32-30-44-28-24-22-20-18-16-14-12-10-8-6-2/h36-38H,5-35H2,1-4H3/t36-,37+,38+,40?/m0/s1. The highest BCUT2D eigenvalue weighted by molar-refractivity contribution is 5.77. The molecule has 2 rings (SSSR count). The number of carbonyl (C=O) groups excluding carboxylic acids is 1. The van der Waals surface area contributed by atoms with Crippen molar-refractivity contribution in [2.45, 2.75) is 174 Å². The van der Waals surface area contributed by atoms with E-state index in [0.717, 1.165) is 45.6 Å². The Kier molecular flexibility index (Phi) is 26.1. The molecule has 2 aliphatic heterocycles. The molecule has 0 N–H and O–H groups in total. The highest BCUT2D eigenvalue weighted by atomic mass is 16.6. The number of ether oxygens (including phenoxy) is 6. The van der Waals surface area contributed by atoms with E-state index in [-0.39, 0.29) is 30.9 Å². The van der Waals surface area contributed by atoms with Crippen molar-refractivity contribution in [3.05, 3.63) is 0 Å². The van der Waals surface area contributed by atoms with Gasteiger partial charge in [-0.3, -0.25) is 4.79 Å². The zero-order chi connectivity index (χ0) is 34.5. The Morgan fingerprint density at radius 3 is 1.62 bits per heavy atom. The number of nitrogens with zero attached hydrogens (tertiary/aromatic N) is 1. The number of hydrogen-bond donors (Lipinski definition) is 0. The van der Waals surface area contributed by atoms with Crippen LogP contribution in [-0.2, 0) is 33.2 Å². The maximum Gasteiger partial charge on any atom is 0.313 e. The Morgan fingerprint density at radius 2 is 1.15 bits per heavy atom. The van der Waals surface area contributed by atoms with E-state index in [9.17, 15) is 4.79 Å². The van der Waals surface area contributed by atoms with Crippen LogP contribution in [0.25, 0.3) is 0 Å². The van der Waals surface area contributed by atoms with E-state index in [4.69, 9.17) is 28.4 Å². The molecule has 8 nitrogen and oxygen atoms in total. The summed E-state index contributed by atoms with van der Waals surface area (Å²) < 4.78 is 36.1. The summed E-state index contributed by atoms with van der Waals surface area (Å²) in [7, 11) is 2.05. The van der Waals surface area contributed by atoms with Crippen LogP contribution in [-0.4, -0.2) is 102 Å². The van der Waals surface area contributed by atoms with Crippen LogP contribution in [0, 0.1) is 5.41 Å². The molecule has 0 aliphatic carbocycles. The normalized spacial score (nSPS) is 23.0. The Hall–Kier alpha value is -0.770. The fraction of sp³-hybridized carbons (Fsp3) is 0.975. The quantitative estimate of drug-likeness (QED) is 0.0502. The lowest BCUT2D eigenvalue weighted by Crippen LogP contribution is -2.40. The largest absolute Gasteiger partial charge is 0.462 e. The van der Waals surface area contributed by atoms with Crippen molar-refractivity contribution in [3.8, 4) is 0 Å². The van der Waals surface area contributed by atoms with E-state index in [0.29, 0.717) is 33.0 Å². The third kappa shape index (κ3) is 20.2. The summed E-state index contributed by atoms with van der Waals surface area (Å²) in [5.74, 6) is -0.154. The predicted octanol–water partition coefficient (Wildman–Crippen LogP) is 8.92. The lowest BCUT2D eigenvalue weighted by molar-refractivity contribution is -0.160. The second-order valence-corrected chi connectivity index (χ2v) is 14.9. The first-order valence-electron chi connectivity index (χ1n) is 20.4. The minimum atomic E-state index is -0.465. The first-order chi connectivity index (χ1) is 23.5. The number of esters is 1. The average Bonchev–Trinajstić information content (AvgIpc) is 3.65.